The summed E-state index contributed by atoms with van der Waals surface area (Å²) in [5, 5.41) is 5.88. The summed E-state index contributed by atoms with van der Waals surface area (Å²) in [6, 6.07) is 22.6. The van der Waals surface area contributed by atoms with Gasteiger partial charge in [0, 0.05) is 34.0 Å². The monoisotopic (exact) mass is 579 g/mol. The molecule has 4 aromatic carbocycles. The zero-order chi connectivity index (χ0) is 28.4. The maximum Gasteiger partial charge on any atom is 0.418 e. The minimum Gasteiger partial charge on any atom is -0.308 e. The number of anilines is 2. The van der Waals surface area contributed by atoms with Gasteiger partial charge in [-0.1, -0.05) is 83.9 Å². The van der Waals surface area contributed by atoms with Gasteiger partial charge in [0.05, 0.1) is 26.8 Å². The molecule has 0 aliphatic carbocycles. The van der Waals surface area contributed by atoms with Crippen LogP contribution in [0.3, 0.4) is 0 Å². The maximum atomic E-state index is 13.8. The average molecular weight is 580 g/mol. The fourth-order valence-electron chi connectivity index (χ4n) is 4.33. The van der Waals surface area contributed by atoms with Crippen LogP contribution < -0.4 is 10.6 Å². The first-order valence-corrected chi connectivity index (χ1v) is 12.6. The van der Waals surface area contributed by atoms with Crippen LogP contribution in [-0.2, 0) is 6.18 Å². The molecule has 0 aliphatic rings. The number of amides is 2. The minimum absolute atomic E-state index is 0.113. The third-order valence-corrected chi connectivity index (χ3v) is 6.72. The number of aromatic nitrogens is 1. The highest BCUT2D eigenvalue weighted by molar-refractivity contribution is 6.39. The van der Waals surface area contributed by atoms with Crippen molar-refractivity contribution in [3.63, 3.8) is 0 Å². The van der Waals surface area contributed by atoms with Gasteiger partial charge < -0.3 is 10.6 Å². The van der Waals surface area contributed by atoms with Gasteiger partial charge >= 0.3 is 12.2 Å². The number of halogens is 5. The Morgan fingerprint density at radius 3 is 2.15 bits per heavy atom. The normalized spacial score (nSPS) is 11.3. The Morgan fingerprint density at radius 1 is 0.775 bits per heavy atom. The lowest BCUT2D eigenvalue weighted by molar-refractivity contribution is -0.136. The Hall–Kier alpha value is -4.40. The summed E-state index contributed by atoms with van der Waals surface area (Å²) in [5.74, 6) is -0.410. The molecule has 40 heavy (non-hydrogen) atoms. The van der Waals surface area contributed by atoms with Crippen molar-refractivity contribution in [1.82, 2.24) is 4.98 Å². The molecule has 2 amide bonds. The predicted molar refractivity (Wildman–Crippen MR) is 151 cm³/mol. The molecule has 5 nitrogen and oxygen atoms in total. The molecule has 0 radical (unpaired) electrons. The number of para-hydroxylation sites is 2. The molecular weight excluding hydrogens is 562 g/mol. The molecule has 0 fully saturated rings. The molecule has 2 N–H and O–H groups in total. The molecule has 5 rings (SSSR count). The number of nitrogens with one attached hydrogen (secondary N) is 2. The number of nitrogens with zero attached hydrogens (tertiary/aromatic N) is 1. The van der Waals surface area contributed by atoms with E-state index < -0.39 is 23.6 Å². The van der Waals surface area contributed by atoms with Crippen LogP contribution in [0, 0.1) is 0 Å². The number of hydrogen-bond acceptors (Lipinski definition) is 3. The van der Waals surface area contributed by atoms with E-state index >= 15 is 0 Å². The lowest BCUT2D eigenvalue weighted by Gasteiger charge is -2.17. The lowest BCUT2D eigenvalue weighted by atomic mass is 9.91. The summed E-state index contributed by atoms with van der Waals surface area (Å²) >= 11 is 12.3. The quantitative estimate of drug-likeness (QED) is 0.204. The smallest absolute Gasteiger partial charge is 0.308 e. The second kappa shape index (κ2) is 11.0. The van der Waals surface area contributed by atoms with Crippen LogP contribution in [0.15, 0.2) is 97.2 Å². The summed E-state index contributed by atoms with van der Waals surface area (Å²) in [7, 11) is 0. The van der Waals surface area contributed by atoms with E-state index in [4.69, 9.17) is 23.2 Å². The summed E-state index contributed by atoms with van der Waals surface area (Å²) < 4.78 is 41.5. The minimum atomic E-state index is -4.66. The van der Waals surface area contributed by atoms with E-state index in [1.807, 2.05) is 0 Å². The Morgan fingerprint density at radius 2 is 1.45 bits per heavy atom. The van der Waals surface area contributed by atoms with E-state index in [1.165, 1.54) is 12.1 Å². The second-order valence-corrected chi connectivity index (χ2v) is 9.51. The van der Waals surface area contributed by atoms with Crippen LogP contribution in [0.1, 0.15) is 21.5 Å². The third-order valence-electron chi connectivity index (χ3n) is 6.09. The lowest BCUT2D eigenvalue weighted by Crippen LogP contribution is -2.19. The molecule has 1 heterocycles. The van der Waals surface area contributed by atoms with Gasteiger partial charge in [-0.25, -0.2) is 4.79 Å². The Bertz CT molecular complexity index is 1740. The van der Waals surface area contributed by atoms with E-state index in [1.54, 1.807) is 72.8 Å². The number of ketones is 1. The van der Waals surface area contributed by atoms with Crippen molar-refractivity contribution in [2.24, 2.45) is 0 Å². The van der Waals surface area contributed by atoms with Crippen molar-refractivity contribution in [3.8, 4) is 11.1 Å². The van der Waals surface area contributed by atoms with Crippen molar-refractivity contribution in [3.05, 3.63) is 124 Å². The second-order valence-electron chi connectivity index (χ2n) is 8.70. The van der Waals surface area contributed by atoms with Crippen LogP contribution in [0.4, 0.5) is 29.3 Å². The van der Waals surface area contributed by atoms with Gasteiger partial charge in [0.25, 0.3) is 0 Å². The number of hydrogen-bond donors (Lipinski definition) is 2. The Balaban J connectivity index is 1.61. The number of benzene rings is 4. The van der Waals surface area contributed by atoms with Crippen molar-refractivity contribution >= 4 is 57.3 Å². The summed E-state index contributed by atoms with van der Waals surface area (Å²) in [5.41, 5.74) is 0.435. The van der Waals surface area contributed by atoms with Gasteiger partial charge in [0.15, 0.2) is 5.78 Å². The molecule has 0 unspecified atom stereocenters. The maximum absolute atomic E-state index is 13.8. The predicted octanol–water partition coefficient (Wildman–Crippen LogP) is 9.10. The van der Waals surface area contributed by atoms with Gasteiger partial charge in [-0.05, 0) is 35.9 Å². The van der Waals surface area contributed by atoms with Crippen LogP contribution in [0.25, 0.3) is 22.0 Å². The molecule has 0 atom stereocenters. The third kappa shape index (κ3) is 5.50. The number of fused-ring (bicyclic) bond motifs is 1. The zero-order valence-electron chi connectivity index (χ0n) is 20.4. The van der Waals surface area contributed by atoms with E-state index in [-0.39, 0.29) is 37.8 Å². The first-order chi connectivity index (χ1) is 19.1. The fourth-order valence-corrected chi connectivity index (χ4v) is 4.82. The van der Waals surface area contributed by atoms with E-state index in [2.05, 4.69) is 15.6 Å². The number of rotatable bonds is 5. The molecular formula is C30H18Cl2F3N3O2. The van der Waals surface area contributed by atoms with Crippen LogP contribution in [0.2, 0.25) is 10.0 Å². The van der Waals surface area contributed by atoms with Crippen molar-refractivity contribution in [2.45, 2.75) is 6.18 Å². The largest absolute Gasteiger partial charge is 0.418 e. The van der Waals surface area contributed by atoms with E-state index in [0.717, 1.165) is 12.3 Å². The first kappa shape index (κ1) is 27.2. The van der Waals surface area contributed by atoms with Crippen molar-refractivity contribution in [1.29, 1.82) is 0 Å². The SMILES string of the molecule is O=C(Nc1cccc(-c2c(C(=O)c3ccccc3)cnc3c(C(F)(F)F)cccc23)c1)Nc1c(Cl)cccc1Cl. The molecule has 0 saturated heterocycles. The summed E-state index contributed by atoms with van der Waals surface area (Å²) in [4.78, 5) is 30.3. The fraction of sp³-hybridized carbons (Fsp3) is 0.0333. The number of carbonyl (C=O) groups excluding carboxylic acids is 2. The topological polar surface area (TPSA) is 71.1 Å². The number of alkyl halides is 3. The van der Waals surface area contributed by atoms with E-state index in [0.29, 0.717) is 16.8 Å². The average Bonchev–Trinajstić information content (AvgIpc) is 2.94. The highest BCUT2D eigenvalue weighted by atomic mass is 35.5. The van der Waals surface area contributed by atoms with Gasteiger partial charge in [-0.3, -0.25) is 9.78 Å². The standard InChI is InChI=1S/C30H18Cl2F3N3O2/c31-23-13-6-14-24(32)27(23)38-29(40)37-19-10-4-9-18(15-19)25-20-11-5-12-22(30(33,34)35)26(20)36-16-21(25)28(39)17-7-2-1-3-8-17/h1-16H,(H2,37,38,40). The van der Waals surface area contributed by atoms with E-state index in [9.17, 15) is 22.8 Å². The molecule has 0 bridgehead atoms. The Labute approximate surface area is 236 Å². The first-order valence-electron chi connectivity index (χ1n) is 11.8. The zero-order valence-corrected chi connectivity index (χ0v) is 21.9. The van der Waals surface area contributed by atoms with Crippen LogP contribution in [-0.4, -0.2) is 16.8 Å². The van der Waals surface area contributed by atoms with Gasteiger partial charge in [0.2, 0.25) is 0 Å². The highest BCUT2D eigenvalue weighted by Crippen LogP contribution is 2.39. The Kier molecular flexibility index (Phi) is 7.47. The molecule has 0 aliphatic heterocycles. The van der Waals surface area contributed by atoms with Crippen LogP contribution >= 0.6 is 23.2 Å². The highest BCUT2D eigenvalue weighted by Gasteiger charge is 2.34. The number of carbonyl (C=O) groups is 2. The van der Waals surface area contributed by atoms with Gasteiger partial charge in [-0.2, -0.15) is 13.2 Å². The molecule has 1 aromatic heterocycles. The van der Waals surface area contributed by atoms with Crippen molar-refractivity contribution in [2.75, 3.05) is 10.6 Å². The number of pyridine rings is 1. The van der Waals surface area contributed by atoms with Crippen molar-refractivity contribution < 1.29 is 22.8 Å². The van der Waals surface area contributed by atoms with Gasteiger partial charge in [-0.15, -0.1) is 0 Å². The molecule has 0 spiro atoms. The molecule has 5 aromatic rings. The molecule has 0 saturated carbocycles. The summed E-state index contributed by atoms with van der Waals surface area (Å²) in [6.45, 7) is 0. The summed E-state index contributed by atoms with van der Waals surface area (Å²) in [6.07, 6.45) is -3.50. The molecule has 10 heteroatoms. The van der Waals surface area contributed by atoms with Gasteiger partial charge in [0.1, 0.15) is 0 Å². The molecule has 200 valence electrons. The number of urea groups is 1. The van der Waals surface area contributed by atoms with Crippen LogP contribution in [0.5, 0.6) is 0 Å².